The van der Waals surface area contributed by atoms with Crippen molar-refractivity contribution in [3.05, 3.63) is 76.4 Å². The standard InChI is InChI=1S/C15H21FOSi.C9H7FO/c1-15(2,3)18(4,5)17-13-10-9-11-7-6-8-12(16)14(11)13;10-7-3-1-2-6-4-5-8(11)9(6)7/h6-8,10H,9H2,1-5H3;1-3H,4-5H2. The van der Waals surface area contributed by atoms with Gasteiger partial charge in [0.1, 0.15) is 17.4 Å². The Labute approximate surface area is 172 Å². The molecule has 0 radical (unpaired) electrons. The van der Waals surface area contributed by atoms with E-state index in [4.69, 9.17) is 4.43 Å². The van der Waals surface area contributed by atoms with Gasteiger partial charge in [0.15, 0.2) is 5.78 Å². The molecule has 0 unspecified atom stereocenters. The molecule has 0 saturated heterocycles. The number of hydrogen-bond acceptors (Lipinski definition) is 2. The minimum atomic E-state index is -1.90. The normalized spacial score (nSPS) is 15.3. The molecule has 0 N–H and O–H groups in total. The van der Waals surface area contributed by atoms with Gasteiger partial charge in [-0.1, -0.05) is 45.0 Å². The highest BCUT2D eigenvalue weighted by Crippen LogP contribution is 2.41. The highest BCUT2D eigenvalue weighted by molar-refractivity contribution is 6.74. The topological polar surface area (TPSA) is 26.3 Å². The number of carbonyl (C=O) groups is 1. The number of aryl methyl sites for hydroxylation is 1. The predicted molar refractivity (Wildman–Crippen MR) is 115 cm³/mol. The van der Waals surface area contributed by atoms with Gasteiger partial charge in [-0.2, -0.15) is 0 Å². The zero-order valence-corrected chi connectivity index (χ0v) is 18.7. The van der Waals surface area contributed by atoms with Crippen LogP contribution < -0.4 is 0 Å². The van der Waals surface area contributed by atoms with Gasteiger partial charge in [-0.25, -0.2) is 8.78 Å². The lowest BCUT2D eigenvalue weighted by Gasteiger charge is -2.37. The lowest BCUT2D eigenvalue weighted by Crippen LogP contribution is -2.40. The number of carbonyl (C=O) groups excluding carboxylic acids is 1. The molecule has 2 aliphatic carbocycles. The molecule has 0 aliphatic heterocycles. The van der Waals surface area contributed by atoms with Gasteiger partial charge in [-0.15, -0.1) is 0 Å². The van der Waals surface area contributed by atoms with Crippen molar-refractivity contribution in [1.82, 2.24) is 0 Å². The van der Waals surface area contributed by atoms with Gasteiger partial charge >= 0.3 is 0 Å². The number of allylic oxidation sites excluding steroid dienone is 1. The van der Waals surface area contributed by atoms with Crippen molar-refractivity contribution in [3.63, 3.8) is 0 Å². The molecule has 2 aromatic rings. The molecule has 154 valence electrons. The maximum absolute atomic E-state index is 13.9. The molecule has 0 bridgehead atoms. The molecule has 4 rings (SSSR count). The molecule has 5 heteroatoms. The zero-order chi connectivity index (χ0) is 21.4. The van der Waals surface area contributed by atoms with E-state index in [0.717, 1.165) is 23.3 Å². The van der Waals surface area contributed by atoms with Crippen molar-refractivity contribution >= 4 is 19.9 Å². The number of hydrogen-bond donors (Lipinski definition) is 0. The Morgan fingerprint density at radius 3 is 2.07 bits per heavy atom. The van der Waals surface area contributed by atoms with Crippen molar-refractivity contribution in [2.45, 2.75) is 58.2 Å². The number of fused-ring (bicyclic) bond motifs is 2. The Morgan fingerprint density at radius 2 is 1.48 bits per heavy atom. The van der Waals surface area contributed by atoms with Gasteiger partial charge in [-0.3, -0.25) is 4.79 Å². The summed E-state index contributed by atoms with van der Waals surface area (Å²) in [4.78, 5) is 11.0. The number of rotatable bonds is 2. The number of halogens is 2. The van der Waals surface area contributed by atoms with Gasteiger partial charge in [-0.05, 0) is 60.3 Å². The summed E-state index contributed by atoms with van der Waals surface area (Å²) in [5.74, 6) is 0.146. The van der Waals surface area contributed by atoms with Crippen LogP contribution in [0.1, 0.15) is 54.2 Å². The molecule has 2 aliphatic rings. The minimum absolute atomic E-state index is 0.0573. The van der Waals surface area contributed by atoms with Crippen molar-refractivity contribution in [1.29, 1.82) is 0 Å². The smallest absolute Gasteiger partial charge is 0.250 e. The second-order valence-corrected chi connectivity index (χ2v) is 13.8. The lowest BCUT2D eigenvalue weighted by molar-refractivity contribution is 0.0991. The Bertz CT molecular complexity index is 971. The largest absolute Gasteiger partial charge is 0.543 e. The first-order chi connectivity index (χ1) is 13.5. The monoisotopic (exact) mass is 414 g/mol. The molecule has 0 spiro atoms. The first kappa shape index (κ1) is 21.4. The third-order valence-electron chi connectivity index (χ3n) is 6.03. The van der Waals surface area contributed by atoms with E-state index >= 15 is 0 Å². The van der Waals surface area contributed by atoms with Crippen LogP contribution in [0.2, 0.25) is 18.1 Å². The molecule has 0 aromatic heterocycles. The summed E-state index contributed by atoms with van der Waals surface area (Å²) < 4.78 is 33.1. The van der Waals surface area contributed by atoms with Crippen LogP contribution in [0.25, 0.3) is 5.76 Å². The van der Waals surface area contributed by atoms with Crippen LogP contribution in [0.3, 0.4) is 0 Å². The van der Waals surface area contributed by atoms with Crippen LogP contribution in [0.15, 0.2) is 42.5 Å². The third-order valence-corrected chi connectivity index (χ3v) is 10.4. The summed E-state index contributed by atoms with van der Waals surface area (Å²) in [7, 11) is -1.90. The van der Waals surface area contributed by atoms with E-state index in [0.29, 0.717) is 24.0 Å². The molecule has 0 saturated carbocycles. The van der Waals surface area contributed by atoms with Crippen LogP contribution >= 0.6 is 0 Å². The van der Waals surface area contributed by atoms with Crippen LogP contribution in [0.4, 0.5) is 8.78 Å². The van der Waals surface area contributed by atoms with Gasteiger partial charge in [0.05, 0.1) is 11.1 Å². The molecule has 29 heavy (non-hydrogen) atoms. The fourth-order valence-corrected chi connectivity index (χ4v) is 4.34. The molecule has 0 amide bonds. The van der Waals surface area contributed by atoms with E-state index in [9.17, 15) is 13.6 Å². The second-order valence-electron chi connectivity index (χ2n) is 9.11. The quantitative estimate of drug-likeness (QED) is 0.511. The van der Waals surface area contributed by atoms with Crippen molar-refractivity contribution in [2.75, 3.05) is 0 Å². The molecule has 0 atom stereocenters. The predicted octanol–water partition coefficient (Wildman–Crippen LogP) is 6.70. The molecular weight excluding hydrogens is 386 g/mol. The molecule has 0 heterocycles. The van der Waals surface area contributed by atoms with E-state index in [-0.39, 0.29) is 22.5 Å². The maximum atomic E-state index is 13.9. The molecular formula is C24H28F2O2Si. The summed E-state index contributed by atoms with van der Waals surface area (Å²) in [5.41, 5.74) is 2.87. The van der Waals surface area contributed by atoms with Crippen LogP contribution in [0, 0.1) is 11.6 Å². The van der Waals surface area contributed by atoms with E-state index in [1.807, 2.05) is 18.2 Å². The van der Waals surface area contributed by atoms with Crippen molar-refractivity contribution in [2.24, 2.45) is 0 Å². The van der Waals surface area contributed by atoms with E-state index in [1.54, 1.807) is 12.1 Å². The van der Waals surface area contributed by atoms with Crippen LogP contribution in [-0.4, -0.2) is 14.1 Å². The molecule has 2 nitrogen and oxygen atoms in total. The summed E-state index contributed by atoms with van der Waals surface area (Å²) in [6.07, 6.45) is 3.95. The zero-order valence-electron chi connectivity index (χ0n) is 17.7. The third kappa shape index (κ3) is 4.35. The number of ketones is 1. The van der Waals surface area contributed by atoms with E-state index in [1.165, 1.54) is 12.1 Å². The fraction of sp³-hybridized carbons (Fsp3) is 0.375. The van der Waals surface area contributed by atoms with Gasteiger partial charge < -0.3 is 4.43 Å². The highest BCUT2D eigenvalue weighted by Gasteiger charge is 2.40. The molecule has 2 aromatic carbocycles. The first-order valence-electron chi connectivity index (χ1n) is 9.99. The van der Waals surface area contributed by atoms with Crippen LogP contribution in [-0.2, 0) is 17.3 Å². The average Bonchev–Trinajstić information content (AvgIpc) is 3.20. The Morgan fingerprint density at radius 1 is 0.897 bits per heavy atom. The minimum Gasteiger partial charge on any atom is -0.543 e. The number of Topliss-reactive ketones (excluding diaryl/α,β-unsaturated/α-hetero) is 1. The first-order valence-corrected chi connectivity index (χ1v) is 12.9. The van der Waals surface area contributed by atoms with Gasteiger partial charge in [0.25, 0.3) is 0 Å². The SMILES string of the molecule is CC(C)(C)[Si](C)(C)OC1=CCc2cccc(F)c21.O=C1CCc2cccc(F)c21. The average molecular weight is 415 g/mol. The maximum Gasteiger partial charge on any atom is 0.250 e. The van der Waals surface area contributed by atoms with Crippen molar-refractivity contribution in [3.8, 4) is 0 Å². The van der Waals surface area contributed by atoms with Gasteiger partial charge in [0, 0.05) is 6.42 Å². The van der Waals surface area contributed by atoms with Gasteiger partial charge in [0.2, 0.25) is 8.32 Å². The van der Waals surface area contributed by atoms with Crippen LogP contribution in [0.5, 0.6) is 0 Å². The molecule has 0 fully saturated rings. The second kappa shape index (κ2) is 7.86. The Hall–Kier alpha value is -2.27. The van der Waals surface area contributed by atoms with E-state index in [2.05, 4.69) is 33.9 Å². The highest BCUT2D eigenvalue weighted by atomic mass is 28.4. The summed E-state index contributed by atoms with van der Waals surface area (Å²) >= 11 is 0. The van der Waals surface area contributed by atoms with E-state index < -0.39 is 8.32 Å². The number of benzene rings is 2. The Kier molecular flexibility index (Phi) is 5.81. The summed E-state index contributed by atoms with van der Waals surface area (Å²) in [6.45, 7) is 10.9. The van der Waals surface area contributed by atoms with Crippen molar-refractivity contribution < 1.29 is 18.0 Å². The Balaban J connectivity index is 0.000000186. The summed E-state index contributed by atoms with van der Waals surface area (Å²) in [5, 5.41) is 0.127. The summed E-state index contributed by atoms with van der Waals surface area (Å²) in [6, 6.07) is 10.0. The lowest BCUT2D eigenvalue weighted by atomic mass is 10.1. The fourth-order valence-electron chi connectivity index (χ4n) is 3.30.